The van der Waals surface area contributed by atoms with Crippen LogP contribution in [0.3, 0.4) is 0 Å². The van der Waals surface area contributed by atoms with Crippen molar-refractivity contribution >= 4 is 22.2 Å². The summed E-state index contributed by atoms with van der Waals surface area (Å²) in [6.07, 6.45) is 5.42. The Bertz CT molecular complexity index is 850. The van der Waals surface area contributed by atoms with Crippen LogP contribution in [0.25, 0.3) is 0 Å². The van der Waals surface area contributed by atoms with Crippen LogP contribution in [0.2, 0.25) is 0 Å². The summed E-state index contributed by atoms with van der Waals surface area (Å²) in [5.74, 6) is 0.787. The normalized spacial score (nSPS) is 21.9. The van der Waals surface area contributed by atoms with Crippen molar-refractivity contribution < 1.29 is 4.79 Å². The van der Waals surface area contributed by atoms with E-state index in [1.807, 2.05) is 0 Å². The van der Waals surface area contributed by atoms with Gasteiger partial charge in [-0.05, 0) is 53.7 Å². The Hall–Kier alpha value is -1.81. The number of amides is 1. The second kappa shape index (κ2) is 6.97. The molecule has 2 N–H and O–H groups in total. The Morgan fingerprint density at radius 2 is 1.89 bits per heavy atom. The summed E-state index contributed by atoms with van der Waals surface area (Å²) in [6, 6.07) is 8.54. The average molecular weight is 383 g/mol. The minimum Gasteiger partial charge on any atom is -0.353 e. The van der Waals surface area contributed by atoms with Crippen molar-refractivity contribution in [3.63, 3.8) is 0 Å². The van der Waals surface area contributed by atoms with Crippen LogP contribution >= 0.6 is 11.3 Å². The Morgan fingerprint density at radius 1 is 1.15 bits per heavy atom. The molecule has 0 fully saturated rings. The van der Waals surface area contributed by atoms with Crippen molar-refractivity contribution in [2.24, 2.45) is 11.3 Å². The highest BCUT2D eigenvalue weighted by Gasteiger charge is 2.37. The van der Waals surface area contributed by atoms with Crippen LogP contribution in [0, 0.1) is 11.3 Å². The zero-order chi connectivity index (χ0) is 19.2. The third-order valence-corrected chi connectivity index (χ3v) is 7.97. The zero-order valence-corrected chi connectivity index (χ0v) is 17.6. The lowest BCUT2D eigenvalue weighted by Crippen LogP contribution is -2.38. The van der Waals surface area contributed by atoms with E-state index in [4.69, 9.17) is 0 Å². The zero-order valence-electron chi connectivity index (χ0n) is 16.8. The van der Waals surface area contributed by atoms with Crippen LogP contribution in [0.1, 0.15) is 78.6 Å². The number of carbonyl (C=O) groups is 1. The fourth-order valence-electron chi connectivity index (χ4n) is 4.37. The molecule has 2 heterocycles. The van der Waals surface area contributed by atoms with Crippen molar-refractivity contribution in [3.05, 3.63) is 51.4 Å². The van der Waals surface area contributed by atoms with E-state index in [-0.39, 0.29) is 12.1 Å². The summed E-state index contributed by atoms with van der Waals surface area (Å²) in [5, 5.41) is 7.82. The number of benzene rings is 1. The fraction of sp³-hybridized carbons (Fsp3) is 0.522. The van der Waals surface area contributed by atoms with Gasteiger partial charge in [0.1, 0.15) is 11.2 Å². The van der Waals surface area contributed by atoms with Gasteiger partial charge in [0.15, 0.2) is 0 Å². The summed E-state index contributed by atoms with van der Waals surface area (Å²) >= 11 is 1.81. The molecule has 1 aromatic heterocycles. The number of hydrogen-bond acceptors (Lipinski definition) is 3. The molecule has 0 unspecified atom stereocenters. The maximum Gasteiger partial charge on any atom is 0.256 e. The second-order valence-electron chi connectivity index (χ2n) is 8.64. The van der Waals surface area contributed by atoms with E-state index in [2.05, 4.69) is 62.6 Å². The number of anilines is 1. The van der Waals surface area contributed by atoms with E-state index in [0.29, 0.717) is 11.3 Å². The van der Waals surface area contributed by atoms with Crippen LogP contribution in [0.15, 0.2) is 24.3 Å². The molecular formula is C23H30N2OS. The summed E-state index contributed by atoms with van der Waals surface area (Å²) in [6.45, 7) is 9.22. The summed E-state index contributed by atoms with van der Waals surface area (Å²) in [4.78, 5) is 14.3. The van der Waals surface area contributed by atoms with Gasteiger partial charge in [0.2, 0.25) is 0 Å². The smallest absolute Gasteiger partial charge is 0.256 e. The number of nitrogens with one attached hydrogen (secondary N) is 2. The van der Waals surface area contributed by atoms with Gasteiger partial charge in [-0.2, -0.15) is 0 Å². The van der Waals surface area contributed by atoms with Gasteiger partial charge in [0.25, 0.3) is 5.91 Å². The lowest BCUT2D eigenvalue weighted by molar-refractivity contribution is 0.0934. The van der Waals surface area contributed by atoms with Crippen molar-refractivity contribution in [2.45, 2.75) is 66.0 Å². The van der Waals surface area contributed by atoms with Gasteiger partial charge in [-0.1, -0.05) is 58.4 Å². The van der Waals surface area contributed by atoms with Gasteiger partial charge in [-0.3, -0.25) is 4.79 Å². The average Bonchev–Trinajstić information content (AvgIpc) is 3.06. The molecular weight excluding hydrogens is 352 g/mol. The Kier molecular flexibility index (Phi) is 4.79. The Balaban J connectivity index is 1.60. The van der Waals surface area contributed by atoms with Crippen LogP contribution in [0.4, 0.5) is 5.00 Å². The first-order valence-electron chi connectivity index (χ1n) is 10.2. The lowest BCUT2D eigenvalue weighted by atomic mass is 9.69. The van der Waals surface area contributed by atoms with Crippen LogP contribution < -0.4 is 10.6 Å². The molecule has 27 heavy (non-hydrogen) atoms. The van der Waals surface area contributed by atoms with Gasteiger partial charge >= 0.3 is 0 Å². The van der Waals surface area contributed by atoms with Crippen LogP contribution in [-0.2, 0) is 19.3 Å². The molecule has 1 aliphatic heterocycles. The molecule has 2 atom stereocenters. The number of rotatable bonds is 4. The molecule has 1 aliphatic carbocycles. The number of fused-ring (bicyclic) bond motifs is 3. The fourth-order valence-corrected chi connectivity index (χ4v) is 5.72. The first-order valence-corrected chi connectivity index (χ1v) is 11.0. The number of aryl methyl sites for hydroxylation is 1. The maximum absolute atomic E-state index is 12.9. The van der Waals surface area contributed by atoms with Crippen molar-refractivity contribution in [2.75, 3.05) is 5.32 Å². The predicted octanol–water partition coefficient (Wildman–Crippen LogP) is 5.71. The van der Waals surface area contributed by atoms with E-state index in [1.54, 1.807) is 11.3 Å². The minimum atomic E-state index is -0.140. The van der Waals surface area contributed by atoms with Gasteiger partial charge in [-0.25, -0.2) is 0 Å². The first kappa shape index (κ1) is 18.5. The molecule has 0 saturated carbocycles. The molecule has 0 saturated heterocycles. The molecule has 0 radical (unpaired) electrons. The van der Waals surface area contributed by atoms with Crippen LogP contribution in [0.5, 0.6) is 0 Å². The predicted molar refractivity (Wildman–Crippen MR) is 114 cm³/mol. The van der Waals surface area contributed by atoms with E-state index < -0.39 is 0 Å². The largest absolute Gasteiger partial charge is 0.353 e. The SMILES string of the molecule is CCc1ccc([C@@H]2NC(=O)c3c(sc4c3CC[C@H](C(C)(C)CC)C4)N2)cc1. The van der Waals surface area contributed by atoms with Crippen molar-refractivity contribution in [1.82, 2.24) is 5.32 Å². The minimum absolute atomic E-state index is 0.0824. The van der Waals surface area contributed by atoms with Crippen molar-refractivity contribution in [1.29, 1.82) is 0 Å². The van der Waals surface area contributed by atoms with E-state index in [0.717, 1.165) is 35.4 Å². The van der Waals surface area contributed by atoms with Gasteiger partial charge in [0.05, 0.1) is 5.56 Å². The molecule has 4 heteroatoms. The molecule has 0 bridgehead atoms. The molecule has 1 aromatic carbocycles. The lowest BCUT2D eigenvalue weighted by Gasteiger charge is -2.36. The number of carbonyl (C=O) groups excluding carboxylic acids is 1. The quantitative estimate of drug-likeness (QED) is 0.711. The maximum atomic E-state index is 12.9. The van der Waals surface area contributed by atoms with E-state index in [9.17, 15) is 4.79 Å². The summed E-state index contributed by atoms with van der Waals surface area (Å²) < 4.78 is 0. The molecule has 2 aliphatic rings. The third kappa shape index (κ3) is 3.29. The second-order valence-corrected chi connectivity index (χ2v) is 9.74. The molecule has 2 aromatic rings. The molecule has 144 valence electrons. The van der Waals surface area contributed by atoms with Gasteiger partial charge < -0.3 is 10.6 Å². The Labute approximate surface area is 166 Å². The van der Waals surface area contributed by atoms with Crippen molar-refractivity contribution in [3.8, 4) is 0 Å². The summed E-state index contributed by atoms with van der Waals surface area (Å²) in [5.41, 5.74) is 4.99. The van der Waals surface area contributed by atoms with Crippen LogP contribution in [-0.4, -0.2) is 5.91 Å². The Morgan fingerprint density at radius 3 is 2.56 bits per heavy atom. The highest BCUT2D eigenvalue weighted by Crippen LogP contribution is 2.46. The standard InChI is InChI=1S/C23H30N2OS/c1-5-14-7-9-15(10-8-14)20-24-21(26)19-17-12-11-16(23(3,4)6-2)13-18(17)27-22(19)25-20/h7-10,16,20,25H,5-6,11-13H2,1-4H3,(H,24,26)/t16-,20+/m0/s1. The van der Waals surface area contributed by atoms with E-state index >= 15 is 0 Å². The topological polar surface area (TPSA) is 41.1 Å². The molecule has 4 rings (SSSR count). The summed E-state index contributed by atoms with van der Waals surface area (Å²) in [7, 11) is 0. The molecule has 1 amide bonds. The third-order valence-electron chi connectivity index (χ3n) is 6.78. The molecule has 3 nitrogen and oxygen atoms in total. The monoisotopic (exact) mass is 382 g/mol. The highest BCUT2D eigenvalue weighted by molar-refractivity contribution is 7.16. The van der Waals surface area contributed by atoms with Gasteiger partial charge in [-0.15, -0.1) is 11.3 Å². The number of thiophene rings is 1. The van der Waals surface area contributed by atoms with E-state index in [1.165, 1.54) is 28.8 Å². The highest BCUT2D eigenvalue weighted by atomic mass is 32.1. The van der Waals surface area contributed by atoms with Gasteiger partial charge in [0, 0.05) is 4.88 Å². The molecule has 0 spiro atoms. The number of hydrogen-bond donors (Lipinski definition) is 2. The first-order chi connectivity index (χ1) is 12.9.